The summed E-state index contributed by atoms with van der Waals surface area (Å²) in [5, 5.41) is 2.70. The maximum Gasteiger partial charge on any atom is 0.288 e. The zero-order valence-corrected chi connectivity index (χ0v) is 15.0. The highest BCUT2D eigenvalue weighted by Gasteiger charge is 2.34. The number of carbonyl (C=O) groups excluding carboxylic acids is 1. The first-order valence-corrected chi connectivity index (χ1v) is 9.41. The normalized spacial score (nSPS) is 13.7. The average molecular weight is 386 g/mol. The SMILES string of the molecule is O=C(Nc1ccccc1SC(F)F)c1nc(-c2ccccc2)oc1C1CC1. The number of benzene rings is 2. The van der Waals surface area contributed by atoms with Crippen molar-refractivity contribution in [3.8, 4) is 11.5 Å². The largest absolute Gasteiger partial charge is 0.440 e. The highest BCUT2D eigenvalue weighted by atomic mass is 32.2. The molecular formula is C20H16F2N2O2S. The highest BCUT2D eigenvalue weighted by Crippen LogP contribution is 2.43. The number of oxazole rings is 1. The molecule has 138 valence electrons. The molecule has 0 bridgehead atoms. The molecule has 0 radical (unpaired) electrons. The molecule has 0 unspecified atom stereocenters. The summed E-state index contributed by atoms with van der Waals surface area (Å²) in [7, 11) is 0. The van der Waals surface area contributed by atoms with Crippen LogP contribution < -0.4 is 5.32 Å². The highest BCUT2D eigenvalue weighted by molar-refractivity contribution is 7.99. The molecule has 2 aromatic carbocycles. The van der Waals surface area contributed by atoms with Gasteiger partial charge in [0.2, 0.25) is 5.89 Å². The van der Waals surface area contributed by atoms with E-state index in [0.29, 0.717) is 34.0 Å². The second-order valence-corrected chi connectivity index (χ2v) is 7.23. The van der Waals surface area contributed by atoms with Gasteiger partial charge in [-0.05, 0) is 37.1 Å². The maximum absolute atomic E-state index is 12.8. The molecule has 1 N–H and O–H groups in total. The zero-order chi connectivity index (χ0) is 18.8. The molecule has 1 heterocycles. The van der Waals surface area contributed by atoms with E-state index in [1.54, 1.807) is 24.3 Å². The van der Waals surface area contributed by atoms with E-state index in [4.69, 9.17) is 4.42 Å². The van der Waals surface area contributed by atoms with Gasteiger partial charge in [0.15, 0.2) is 5.69 Å². The first kappa shape index (κ1) is 17.7. The molecule has 1 aromatic heterocycles. The van der Waals surface area contributed by atoms with Crippen molar-refractivity contribution in [1.82, 2.24) is 4.98 Å². The second-order valence-electron chi connectivity index (χ2n) is 6.20. The van der Waals surface area contributed by atoms with Gasteiger partial charge in [0.1, 0.15) is 5.76 Å². The Bertz CT molecular complexity index is 956. The molecule has 0 saturated heterocycles. The summed E-state index contributed by atoms with van der Waals surface area (Å²) in [6, 6.07) is 15.8. The van der Waals surface area contributed by atoms with E-state index >= 15 is 0 Å². The van der Waals surface area contributed by atoms with Crippen molar-refractivity contribution in [1.29, 1.82) is 0 Å². The maximum atomic E-state index is 12.8. The van der Waals surface area contributed by atoms with Gasteiger partial charge >= 0.3 is 0 Å². The summed E-state index contributed by atoms with van der Waals surface area (Å²) in [4.78, 5) is 17.5. The molecule has 27 heavy (non-hydrogen) atoms. The lowest BCUT2D eigenvalue weighted by Crippen LogP contribution is -2.15. The number of carbonyl (C=O) groups is 1. The van der Waals surface area contributed by atoms with Crippen LogP contribution in [-0.2, 0) is 0 Å². The van der Waals surface area contributed by atoms with Crippen LogP contribution in [0.2, 0.25) is 0 Å². The third-order valence-corrected chi connectivity index (χ3v) is 4.98. The van der Waals surface area contributed by atoms with Gasteiger partial charge in [0.25, 0.3) is 11.7 Å². The van der Waals surface area contributed by atoms with E-state index in [-0.39, 0.29) is 11.6 Å². The summed E-state index contributed by atoms with van der Waals surface area (Å²) in [5.74, 6) is -1.89. The summed E-state index contributed by atoms with van der Waals surface area (Å²) >= 11 is 0.395. The number of hydrogen-bond donors (Lipinski definition) is 1. The number of anilines is 1. The fraction of sp³-hybridized carbons (Fsp3) is 0.200. The molecule has 1 aliphatic rings. The van der Waals surface area contributed by atoms with E-state index in [2.05, 4.69) is 10.3 Å². The van der Waals surface area contributed by atoms with Crippen molar-refractivity contribution in [2.75, 3.05) is 5.32 Å². The predicted molar refractivity (Wildman–Crippen MR) is 100 cm³/mol. The lowest BCUT2D eigenvalue weighted by Gasteiger charge is -2.09. The molecule has 1 saturated carbocycles. The van der Waals surface area contributed by atoms with Crippen LogP contribution in [0.5, 0.6) is 0 Å². The Morgan fingerprint density at radius 2 is 1.81 bits per heavy atom. The molecule has 1 amide bonds. The molecule has 4 nitrogen and oxygen atoms in total. The van der Waals surface area contributed by atoms with E-state index in [9.17, 15) is 13.6 Å². The van der Waals surface area contributed by atoms with Crippen LogP contribution in [0.1, 0.15) is 35.0 Å². The van der Waals surface area contributed by atoms with Gasteiger partial charge in [-0.3, -0.25) is 4.79 Å². The minimum atomic E-state index is -2.57. The Morgan fingerprint density at radius 3 is 2.52 bits per heavy atom. The van der Waals surface area contributed by atoms with Crippen molar-refractivity contribution in [3.63, 3.8) is 0 Å². The predicted octanol–water partition coefficient (Wildman–Crippen LogP) is 5.79. The number of alkyl halides is 2. The Morgan fingerprint density at radius 1 is 1.11 bits per heavy atom. The fourth-order valence-electron chi connectivity index (χ4n) is 2.77. The molecule has 1 aliphatic carbocycles. The lowest BCUT2D eigenvalue weighted by atomic mass is 10.2. The molecular weight excluding hydrogens is 370 g/mol. The summed E-state index contributed by atoms with van der Waals surface area (Å²) in [5.41, 5.74) is 1.33. The van der Waals surface area contributed by atoms with E-state index in [1.807, 2.05) is 30.3 Å². The van der Waals surface area contributed by atoms with Crippen molar-refractivity contribution >= 4 is 23.4 Å². The molecule has 0 spiro atoms. The fourth-order valence-corrected chi connectivity index (χ4v) is 3.37. The standard InChI is InChI=1S/C20H16F2N2O2S/c21-20(22)27-15-9-5-4-8-14(15)23-18(25)16-17(12-10-11-12)26-19(24-16)13-6-2-1-3-7-13/h1-9,12,20H,10-11H2,(H,23,25). The van der Waals surface area contributed by atoms with Gasteiger partial charge < -0.3 is 9.73 Å². The third kappa shape index (κ3) is 4.03. The topological polar surface area (TPSA) is 55.1 Å². The molecule has 1 fully saturated rings. The second kappa shape index (κ2) is 7.52. The van der Waals surface area contributed by atoms with Crippen molar-refractivity contribution in [3.05, 3.63) is 66.1 Å². The smallest absolute Gasteiger partial charge is 0.288 e. The first-order valence-electron chi connectivity index (χ1n) is 8.53. The molecule has 0 aliphatic heterocycles. The Balaban J connectivity index is 1.64. The summed E-state index contributed by atoms with van der Waals surface area (Å²) in [6.45, 7) is 0. The van der Waals surface area contributed by atoms with Crippen molar-refractivity contribution in [2.45, 2.75) is 29.4 Å². The van der Waals surface area contributed by atoms with Crippen molar-refractivity contribution in [2.24, 2.45) is 0 Å². The number of rotatable bonds is 6. The average Bonchev–Trinajstić information content (AvgIpc) is 3.41. The van der Waals surface area contributed by atoms with Crippen molar-refractivity contribution < 1.29 is 18.0 Å². The minimum absolute atomic E-state index is 0.182. The Hall–Kier alpha value is -2.67. The van der Waals surface area contributed by atoms with Crippen LogP contribution in [0.4, 0.5) is 14.5 Å². The van der Waals surface area contributed by atoms with Crippen LogP contribution >= 0.6 is 11.8 Å². The number of thioether (sulfide) groups is 1. The monoisotopic (exact) mass is 386 g/mol. The van der Waals surface area contributed by atoms with E-state index in [1.165, 1.54) is 0 Å². The van der Waals surface area contributed by atoms with Gasteiger partial charge in [-0.25, -0.2) is 4.98 Å². The third-order valence-electron chi connectivity index (χ3n) is 4.19. The van der Waals surface area contributed by atoms with Gasteiger partial charge in [0, 0.05) is 16.4 Å². The first-order chi connectivity index (χ1) is 13.1. The van der Waals surface area contributed by atoms with Crippen LogP contribution in [0.15, 0.2) is 63.9 Å². The summed E-state index contributed by atoms with van der Waals surface area (Å²) in [6.07, 6.45) is 1.89. The number of amides is 1. The summed E-state index contributed by atoms with van der Waals surface area (Å²) < 4.78 is 31.4. The minimum Gasteiger partial charge on any atom is -0.440 e. The van der Waals surface area contributed by atoms with Gasteiger partial charge in [-0.1, -0.05) is 42.1 Å². The van der Waals surface area contributed by atoms with Gasteiger partial charge in [-0.2, -0.15) is 8.78 Å². The molecule has 4 rings (SSSR count). The van der Waals surface area contributed by atoms with E-state index < -0.39 is 11.7 Å². The number of para-hydroxylation sites is 1. The van der Waals surface area contributed by atoms with Gasteiger partial charge in [0.05, 0.1) is 5.69 Å². The number of hydrogen-bond acceptors (Lipinski definition) is 4. The molecule has 3 aromatic rings. The Kier molecular flexibility index (Phi) is 4.94. The Labute approximate surface area is 159 Å². The molecule has 0 atom stereocenters. The van der Waals surface area contributed by atoms with Gasteiger partial charge in [-0.15, -0.1) is 0 Å². The number of nitrogens with zero attached hydrogens (tertiary/aromatic N) is 1. The van der Waals surface area contributed by atoms with Crippen LogP contribution in [0.3, 0.4) is 0 Å². The van der Waals surface area contributed by atoms with E-state index in [0.717, 1.165) is 18.4 Å². The van der Waals surface area contributed by atoms with Crippen LogP contribution in [0, 0.1) is 0 Å². The number of nitrogens with one attached hydrogen (secondary N) is 1. The quantitative estimate of drug-likeness (QED) is 0.545. The number of halogens is 2. The number of aromatic nitrogens is 1. The lowest BCUT2D eigenvalue weighted by molar-refractivity contribution is 0.102. The zero-order valence-electron chi connectivity index (χ0n) is 14.2. The van der Waals surface area contributed by atoms with Crippen LogP contribution in [0.25, 0.3) is 11.5 Å². The van der Waals surface area contributed by atoms with Crippen LogP contribution in [-0.4, -0.2) is 16.6 Å². The molecule has 7 heteroatoms.